The molecular weight excluding hydrogens is 324 g/mol. The molecule has 0 aliphatic heterocycles. The summed E-state index contributed by atoms with van der Waals surface area (Å²) < 4.78 is 11.9. The Balaban J connectivity index is 1.87. The van der Waals surface area contributed by atoms with Crippen LogP contribution in [0.15, 0.2) is 30.3 Å². The van der Waals surface area contributed by atoms with Gasteiger partial charge in [0, 0.05) is 50.3 Å². The van der Waals surface area contributed by atoms with Crippen molar-refractivity contribution in [3.8, 4) is 0 Å². The molecule has 1 aliphatic rings. The van der Waals surface area contributed by atoms with Crippen molar-refractivity contribution in [2.45, 2.75) is 51.7 Å². The predicted octanol–water partition coefficient (Wildman–Crippen LogP) is 4.39. The summed E-state index contributed by atoms with van der Waals surface area (Å²) in [5.41, 5.74) is 6.28. The van der Waals surface area contributed by atoms with E-state index in [0.29, 0.717) is 0 Å². The standard InChI is InChI=1S/C22H32N2O2/c1-7-24(8-2)17-11-9-16(10-12-17)18-21(25-5)19(22(18)26-6)20-14(3)13-15(4)23-20/h9-13,18-19,21-23H,7-8H2,1-6H3. The van der Waals surface area contributed by atoms with E-state index < -0.39 is 0 Å². The fourth-order valence-electron chi connectivity index (χ4n) is 4.56. The third-order valence-corrected chi connectivity index (χ3v) is 5.89. The van der Waals surface area contributed by atoms with Gasteiger partial charge >= 0.3 is 0 Å². The van der Waals surface area contributed by atoms with E-state index in [0.717, 1.165) is 13.1 Å². The van der Waals surface area contributed by atoms with Crippen LogP contribution >= 0.6 is 0 Å². The van der Waals surface area contributed by atoms with Crippen LogP contribution in [-0.2, 0) is 9.47 Å². The van der Waals surface area contributed by atoms with Gasteiger partial charge in [0.1, 0.15) is 0 Å². The van der Waals surface area contributed by atoms with E-state index in [-0.39, 0.29) is 24.0 Å². The average Bonchev–Trinajstić information content (AvgIpc) is 2.95. The number of methoxy groups -OCH3 is 2. The number of hydrogen-bond acceptors (Lipinski definition) is 3. The van der Waals surface area contributed by atoms with Gasteiger partial charge in [-0.25, -0.2) is 0 Å². The van der Waals surface area contributed by atoms with Crippen LogP contribution in [-0.4, -0.2) is 44.5 Å². The van der Waals surface area contributed by atoms with Gasteiger partial charge in [0.15, 0.2) is 0 Å². The van der Waals surface area contributed by atoms with Crippen molar-refractivity contribution in [3.05, 3.63) is 52.8 Å². The molecule has 4 heteroatoms. The molecule has 1 aliphatic carbocycles. The molecule has 0 radical (unpaired) electrons. The highest BCUT2D eigenvalue weighted by Crippen LogP contribution is 2.51. The summed E-state index contributed by atoms with van der Waals surface area (Å²) in [6.45, 7) is 10.7. The Labute approximate surface area is 157 Å². The predicted molar refractivity (Wildman–Crippen MR) is 107 cm³/mol. The van der Waals surface area contributed by atoms with Crippen LogP contribution < -0.4 is 4.90 Å². The molecule has 0 spiro atoms. The molecule has 0 bridgehead atoms. The third kappa shape index (κ3) is 3.17. The van der Waals surface area contributed by atoms with E-state index in [1.807, 2.05) is 14.2 Å². The molecule has 0 amide bonds. The van der Waals surface area contributed by atoms with Crippen molar-refractivity contribution in [2.24, 2.45) is 0 Å². The number of H-pyrrole nitrogens is 1. The van der Waals surface area contributed by atoms with Crippen molar-refractivity contribution in [2.75, 3.05) is 32.2 Å². The minimum atomic E-state index is 0.121. The van der Waals surface area contributed by atoms with Gasteiger partial charge < -0.3 is 19.4 Å². The lowest BCUT2D eigenvalue weighted by molar-refractivity contribution is -0.117. The van der Waals surface area contributed by atoms with Crippen LogP contribution in [0.1, 0.15) is 48.2 Å². The summed E-state index contributed by atoms with van der Waals surface area (Å²) in [6.07, 6.45) is 0.243. The minimum absolute atomic E-state index is 0.121. The zero-order valence-corrected chi connectivity index (χ0v) is 16.9. The second kappa shape index (κ2) is 7.85. The van der Waals surface area contributed by atoms with E-state index in [1.165, 1.54) is 28.2 Å². The molecule has 1 fully saturated rings. The van der Waals surface area contributed by atoms with Crippen LogP contribution in [0.25, 0.3) is 0 Å². The topological polar surface area (TPSA) is 37.5 Å². The fraction of sp³-hybridized carbons (Fsp3) is 0.545. The molecule has 1 aromatic heterocycles. The lowest BCUT2D eigenvalue weighted by Crippen LogP contribution is -2.54. The summed E-state index contributed by atoms with van der Waals surface area (Å²) in [5, 5.41) is 0. The number of hydrogen-bond donors (Lipinski definition) is 1. The fourth-order valence-corrected chi connectivity index (χ4v) is 4.56. The number of aryl methyl sites for hydroxylation is 2. The minimum Gasteiger partial charge on any atom is -0.380 e. The van der Waals surface area contributed by atoms with Crippen LogP contribution in [0, 0.1) is 13.8 Å². The lowest BCUT2D eigenvalue weighted by atomic mass is 9.64. The number of nitrogens with zero attached hydrogens (tertiary/aromatic N) is 1. The number of anilines is 1. The average molecular weight is 357 g/mol. The number of rotatable bonds is 7. The van der Waals surface area contributed by atoms with Crippen LogP contribution in [0.4, 0.5) is 5.69 Å². The van der Waals surface area contributed by atoms with Gasteiger partial charge in [-0.15, -0.1) is 0 Å². The maximum absolute atomic E-state index is 5.93. The maximum Gasteiger partial charge on any atom is 0.0773 e. The number of aromatic amines is 1. The highest BCUT2D eigenvalue weighted by atomic mass is 16.5. The Morgan fingerprint density at radius 2 is 1.50 bits per heavy atom. The van der Waals surface area contributed by atoms with Gasteiger partial charge in [-0.2, -0.15) is 0 Å². The summed E-state index contributed by atoms with van der Waals surface area (Å²) in [6, 6.07) is 11.1. The molecule has 1 saturated carbocycles. The molecule has 1 aromatic carbocycles. The molecule has 1 N–H and O–H groups in total. The smallest absolute Gasteiger partial charge is 0.0773 e. The van der Waals surface area contributed by atoms with E-state index >= 15 is 0 Å². The Hall–Kier alpha value is -1.78. The van der Waals surface area contributed by atoms with E-state index in [4.69, 9.17) is 9.47 Å². The quantitative estimate of drug-likeness (QED) is 0.799. The molecule has 0 saturated heterocycles. The lowest BCUT2D eigenvalue weighted by Gasteiger charge is -2.50. The molecule has 1 heterocycles. The monoisotopic (exact) mass is 356 g/mol. The van der Waals surface area contributed by atoms with E-state index in [1.54, 1.807) is 0 Å². The Bertz CT molecular complexity index is 706. The SMILES string of the molecule is CCN(CC)c1ccc(C2C(OC)C(c3[nH]c(C)cc3C)C2OC)cc1. The second-order valence-electron chi connectivity index (χ2n) is 7.27. The third-order valence-electron chi connectivity index (χ3n) is 5.89. The molecule has 142 valence electrons. The van der Waals surface area contributed by atoms with Crippen molar-refractivity contribution in [1.82, 2.24) is 4.98 Å². The number of ether oxygens (including phenoxy) is 2. The summed E-state index contributed by atoms with van der Waals surface area (Å²) in [4.78, 5) is 5.88. The molecule has 2 aromatic rings. The van der Waals surface area contributed by atoms with Gasteiger partial charge in [-0.3, -0.25) is 0 Å². The first-order valence-electron chi connectivity index (χ1n) is 9.62. The second-order valence-corrected chi connectivity index (χ2v) is 7.27. The zero-order valence-electron chi connectivity index (χ0n) is 16.9. The van der Waals surface area contributed by atoms with Crippen LogP contribution in [0.5, 0.6) is 0 Å². The van der Waals surface area contributed by atoms with Crippen molar-refractivity contribution in [3.63, 3.8) is 0 Å². The summed E-state index contributed by atoms with van der Waals surface area (Å²) in [7, 11) is 3.62. The van der Waals surface area contributed by atoms with Gasteiger partial charge in [0.2, 0.25) is 0 Å². The number of aromatic nitrogens is 1. The number of benzene rings is 1. The first-order valence-corrected chi connectivity index (χ1v) is 9.62. The van der Waals surface area contributed by atoms with Gasteiger partial charge in [-0.1, -0.05) is 12.1 Å². The first kappa shape index (κ1) is 19.0. The molecule has 3 rings (SSSR count). The highest BCUT2D eigenvalue weighted by Gasteiger charge is 2.53. The Morgan fingerprint density at radius 1 is 0.923 bits per heavy atom. The van der Waals surface area contributed by atoms with Crippen LogP contribution in [0.3, 0.4) is 0 Å². The molecule has 4 nitrogen and oxygen atoms in total. The summed E-state index contributed by atoms with van der Waals surface area (Å²) in [5.74, 6) is 0.495. The van der Waals surface area contributed by atoms with E-state index in [2.05, 4.69) is 67.9 Å². The zero-order chi connectivity index (χ0) is 18.8. The largest absolute Gasteiger partial charge is 0.380 e. The Morgan fingerprint density at radius 3 is 1.92 bits per heavy atom. The molecule has 2 unspecified atom stereocenters. The summed E-state index contributed by atoms with van der Waals surface area (Å²) >= 11 is 0. The van der Waals surface area contributed by atoms with Gasteiger partial charge in [-0.05, 0) is 57.0 Å². The van der Waals surface area contributed by atoms with Crippen molar-refractivity contribution >= 4 is 5.69 Å². The van der Waals surface area contributed by atoms with Crippen LogP contribution in [0.2, 0.25) is 0 Å². The van der Waals surface area contributed by atoms with Crippen molar-refractivity contribution < 1.29 is 9.47 Å². The Kier molecular flexibility index (Phi) is 5.73. The van der Waals surface area contributed by atoms with Gasteiger partial charge in [0.25, 0.3) is 0 Å². The maximum atomic E-state index is 5.93. The normalized spacial score (nSPS) is 25.2. The number of nitrogens with one attached hydrogen (secondary N) is 1. The first-order chi connectivity index (χ1) is 12.5. The molecular formula is C22H32N2O2. The highest BCUT2D eigenvalue weighted by molar-refractivity contribution is 5.49. The van der Waals surface area contributed by atoms with E-state index in [9.17, 15) is 0 Å². The van der Waals surface area contributed by atoms with Crippen molar-refractivity contribution in [1.29, 1.82) is 0 Å². The molecule has 2 atom stereocenters. The van der Waals surface area contributed by atoms with Gasteiger partial charge in [0.05, 0.1) is 18.1 Å². The molecule has 26 heavy (non-hydrogen) atoms.